The van der Waals surface area contributed by atoms with Gasteiger partial charge < -0.3 is 15.8 Å². The second kappa shape index (κ2) is 4.49. The van der Waals surface area contributed by atoms with Crippen molar-refractivity contribution >= 4 is 11.6 Å². The molecule has 1 aliphatic carbocycles. The summed E-state index contributed by atoms with van der Waals surface area (Å²) in [6, 6.07) is 3.19. The van der Waals surface area contributed by atoms with Gasteiger partial charge in [-0.2, -0.15) is 8.78 Å². The lowest BCUT2D eigenvalue weighted by atomic mass is 10.2. The third kappa shape index (κ3) is 2.73. The number of nitrogens with two attached hydrogens (primary N) is 1. The zero-order valence-corrected chi connectivity index (χ0v) is 9.25. The van der Waals surface area contributed by atoms with Crippen LogP contribution in [0.5, 0.6) is 5.75 Å². The molecule has 0 aliphatic heterocycles. The average molecular weight is 260 g/mol. The number of halogens is 3. The molecule has 3 N–H and O–H groups in total. The topological polar surface area (TPSA) is 64.4 Å². The zero-order chi connectivity index (χ0) is 13.3. The van der Waals surface area contributed by atoms with Gasteiger partial charge in [-0.3, -0.25) is 4.79 Å². The van der Waals surface area contributed by atoms with Gasteiger partial charge in [-0.05, 0) is 25.0 Å². The van der Waals surface area contributed by atoms with Crippen molar-refractivity contribution in [3.8, 4) is 5.75 Å². The maximum atomic E-state index is 13.3. The lowest BCUT2D eigenvalue weighted by Crippen LogP contribution is -2.37. The van der Waals surface area contributed by atoms with Crippen LogP contribution in [0.4, 0.5) is 18.9 Å². The van der Waals surface area contributed by atoms with E-state index in [0.717, 1.165) is 12.1 Å². The molecule has 1 amide bonds. The fraction of sp³-hybridized carbons (Fsp3) is 0.364. The molecule has 1 fully saturated rings. The molecule has 18 heavy (non-hydrogen) atoms. The molecule has 4 nitrogen and oxygen atoms in total. The maximum Gasteiger partial charge on any atom is 0.387 e. The van der Waals surface area contributed by atoms with Gasteiger partial charge in [0.2, 0.25) is 5.91 Å². The van der Waals surface area contributed by atoms with Crippen LogP contribution in [0.25, 0.3) is 0 Å². The van der Waals surface area contributed by atoms with E-state index in [0.29, 0.717) is 12.8 Å². The highest BCUT2D eigenvalue weighted by atomic mass is 19.3. The summed E-state index contributed by atoms with van der Waals surface area (Å²) in [6.45, 7) is -3.10. The number of alkyl halides is 2. The SMILES string of the molecule is NC1(C(=O)Nc2ccc(OC(F)F)c(F)c2)CC1. The van der Waals surface area contributed by atoms with Crippen LogP contribution < -0.4 is 15.8 Å². The highest BCUT2D eigenvalue weighted by molar-refractivity contribution is 6.00. The Kier molecular flexibility index (Phi) is 3.16. The fourth-order valence-electron chi connectivity index (χ4n) is 1.39. The number of rotatable bonds is 4. The number of hydrogen-bond acceptors (Lipinski definition) is 3. The van der Waals surface area contributed by atoms with Crippen molar-refractivity contribution < 1.29 is 22.7 Å². The van der Waals surface area contributed by atoms with E-state index >= 15 is 0 Å². The van der Waals surface area contributed by atoms with Gasteiger partial charge in [-0.15, -0.1) is 0 Å². The van der Waals surface area contributed by atoms with E-state index in [2.05, 4.69) is 10.1 Å². The predicted molar refractivity (Wildman–Crippen MR) is 57.8 cm³/mol. The van der Waals surface area contributed by atoms with Crippen LogP contribution in [0.1, 0.15) is 12.8 Å². The van der Waals surface area contributed by atoms with Crippen LogP contribution in [0.2, 0.25) is 0 Å². The van der Waals surface area contributed by atoms with Crippen molar-refractivity contribution in [3.63, 3.8) is 0 Å². The normalized spacial score (nSPS) is 16.5. The summed E-state index contributed by atoms with van der Waals surface area (Å²) in [4.78, 5) is 11.6. The first-order valence-corrected chi connectivity index (χ1v) is 5.25. The Morgan fingerprint density at radius 2 is 2.11 bits per heavy atom. The Morgan fingerprint density at radius 3 is 2.61 bits per heavy atom. The summed E-state index contributed by atoms with van der Waals surface area (Å²) < 4.78 is 41.1. The Hall–Kier alpha value is -1.76. The highest BCUT2D eigenvalue weighted by Crippen LogP contribution is 2.33. The number of nitrogens with one attached hydrogen (secondary N) is 1. The highest BCUT2D eigenvalue weighted by Gasteiger charge is 2.45. The maximum absolute atomic E-state index is 13.3. The Labute approximate surface area is 101 Å². The van der Waals surface area contributed by atoms with E-state index < -0.39 is 29.6 Å². The molecule has 1 aromatic carbocycles. The quantitative estimate of drug-likeness (QED) is 0.868. The van der Waals surface area contributed by atoms with E-state index in [9.17, 15) is 18.0 Å². The zero-order valence-electron chi connectivity index (χ0n) is 9.25. The molecule has 0 saturated heterocycles. The number of hydrogen-bond donors (Lipinski definition) is 2. The lowest BCUT2D eigenvalue weighted by molar-refractivity contribution is -0.118. The predicted octanol–water partition coefficient (Wildman–Crippen LogP) is 1.86. The summed E-state index contributed by atoms with van der Waals surface area (Å²) >= 11 is 0. The van der Waals surface area contributed by atoms with Gasteiger partial charge in [0.05, 0.1) is 5.54 Å². The van der Waals surface area contributed by atoms with Gasteiger partial charge in [0.1, 0.15) is 0 Å². The molecule has 1 aromatic rings. The number of amides is 1. The van der Waals surface area contributed by atoms with Crippen LogP contribution in [-0.4, -0.2) is 18.1 Å². The summed E-state index contributed by atoms with van der Waals surface area (Å²) in [6.07, 6.45) is 1.15. The first-order valence-electron chi connectivity index (χ1n) is 5.25. The molecule has 0 bridgehead atoms. The lowest BCUT2D eigenvalue weighted by Gasteiger charge is -2.11. The Balaban J connectivity index is 2.06. The number of carbonyl (C=O) groups excluding carboxylic acids is 1. The number of anilines is 1. The van der Waals surface area contributed by atoms with E-state index in [4.69, 9.17) is 5.73 Å². The molecule has 0 heterocycles. The first kappa shape index (κ1) is 12.7. The Bertz CT molecular complexity index is 475. The molecule has 0 spiro atoms. The van der Waals surface area contributed by atoms with Gasteiger partial charge in [-0.25, -0.2) is 4.39 Å². The van der Waals surface area contributed by atoms with Crippen LogP contribution in [-0.2, 0) is 4.79 Å². The summed E-state index contributed by atoms with van der Waals surface area (Å²) in [7, 11) is 0. The van der Waals surface area contributed by atoms with Crippen LogP contribution in [0, 0.1) is 5.82 Å². The minimum atomic E-state index is -3.10. The van der Waals surface area contributed by atoms with Gasteiger partial charge >= 0.3 is 6.61 Å². The number of ether oxygens (including phenoxy) is 1. The van der Waals surface area contributed by atoms with Crippen molar-refractivity contribution in [2.24, 2.45) is 5.73 Å². The van der Waals surface area contributed by atoms with Gasteiger partial charge in [0.25, 0.3) is 0 Å². The summed E-state index contributed by atoms with van der Waals surface area (Å²) in [5, 5.41) is 2.42. The standard InChI is InChI=1S/C11H11F3N2O2/c12-7-5-6(1-2-8(7)18-10(13)14)16-9(17)11(15)3-4-11/h1-2,5,10H,3-4,15H2,(H,16,17). The van der Waals surface area contributed by atoms with Crippen LogP contribution >= 0.6 is 0 Å². The molecular formula is C11H11F3N2O2. The molecular weight excluding hydrogens is 249 g/mol. The van der Waals surface area contributed by atoms with Gasteiger partial charge in [0, 0.05) is 11.8 Å². The smallest absolute Gasteiger partial charge is 0.387 e. The molecule has 0 radical (unpaired) electrons. The van der Waals surface area contributed by atoms with Crippen molar-refractivity contribution in [1.29, 1.82) is 0 Å². The molecule has 1 saturated carbocycles. The molecule has 0 unspecified atom stereocenters. The number of benzene rings is 1. The second-order valence-corrected chi connectivity index (χ2v) is 4.13. The molecule has 2 rings (SSSR count). The monoisotopic (exact) mass is 260 g/mol. The van der Waals surface area contributed by atoms with Crippen molar-refractivity contribution in [1.82, 2.24) is 0 Å². The van der Waals surface area contributed by atoms with Crippen molar-refractivity contribution in [2.45, 2.75) is 25.0 Å². The van der Waals surface area contributed by atoms with Crippen molar-refractivity contribution in [3.05, 3.63) is 24.0 Å². The molecule has 98 valence electrons. The molecule has 0 atom stereocenters. The molecule has 7 heteroatoms. The van der Waals surface area contributed by atoms with Crippen molar-refractivity contribution in [2.75, 3.05) is 5.32 Å². The first-order chi connectivity index (χ1) is 8.40. The van der Waals surface area contributed by atoms with E-state index in [1.807, 2.05) is 0 Å². The van der Waals surface area contributed by atoms with E-state index in [1.54, 1.807) is 0 Å². The van der Waals surface area contributed by atoms with E-state index in [-0.39, 0.29) is 5.69 Å². The summed E-state index contributed by atoms with van der Waals surface area (Å²) in [5.41, 5.74) is 4.91. The second-order valence-electron chi connectivity index (χ2n) is 4.13. The third-order valence-corrected chi connectivity index (χ3v) is 2.65. The minimum absolute atomic E-state index is 0.149. The minimum Gasteiger partial charge on any atom is -0.432 e. The van der Waals surface area contributed by atoms with Crippen LogP contribution in [0.3, 0.4) is 0 Å². The van der Waals surface area contributed by atoms with Gasteiger partial charge in [-0.1, -0.05) is 0 Å². The number of carbonyl (C=O) groups is 1. The average Bonchev–Trinajstić information content (AvgIpc) is 3.01. The third-order valence-electron chi connectivity index (χ3n) is 2.65. The van der Waals surface area contributed by atoms with Gasteiger partial charge in [0.15, 0.2) is 11.6 Å². The Morgan fingerprint density at radius 1 is 1.44 bits per heavy atom. The largest absolute Gasteiger partial charge is 0.432 e. The van der Waals surface area contributed by atoms with Crippen LogP contribution in [0.15, 0.2) is 18.2 Å². The molecule has 0 aromatic heterocycles. The summed E-state index contributed by atoms with van der Waals surface area (Å²) in [5.74, 6) is -1.96. The van der Waals surface area contributed by atoms with E-state index in [1.165, 1.54) is 6.07 Å². The fourth-order valence-corrected chi connectivity index (χ4v) is 1.39. The molecule has 1 aliphatic rings.